The molecule has 3 aromatic rings. The maximum absolute atomic E-state index is 10.6. The number of rotatable bonds is 7. The average molecular weight is 636 g/mol. The highest BCUT2D eigenvalue weighted by atomic mass is 35.5. The standard InChI is InChI=1S/C13H15N3.C7H10N2.C6H7NO.C6H10O2.C2H3N.ClH/c1-9-2-6-11(7-3-9)16-13(14)8-12(15-16)10-4-5-10;1-6-2-4-7(9-8)5-3-6;7-4-3-6(8)5-1-2-5;1-2-8-6(7)5-3-4-5;1-2-3;/h2-3,6-8,10H,4-5,14H2,1H3;2-5,9H,8H2,1H3;5H,1-3H2;5H,2-4H2,1H3;1H3;1H. The number of aromatic nitrogens is 2. The predicted molar refractivity (Wildman–Crippen MR) is 180 cm³/mol. The third kappa shape index (κ3) is 15.3. The summed E-state index contributed by atoms with van der Waals surface area (Å²) in [5.74, 6) is 7.17. The molecule has 0 aliphatic heterocycles. The molecule has 0 spiro atoms. The van der Waals surface area contributed by atoms with Gasteiger partial charge in [-0.05, 0) is 83.6 Å². The number of esters is 1. The third-order valence-corrected chi connectivity index (χ3v) is 6.73. The largest absolute Gasteiger partial charge is 0.466 e. The number of nitrogens with two attached hydrogens (primary N) is 2. The number of benzene rings is 2. The number of carbonyl (C=O) groups is 2. The number of nitrogen functional groups attached to an aromatic ring is 2. The average Bonchev–Trinajstić information content (AvgIpc) is 3.88. The fourth-order valence-corrected chi connectivity index (χ4v) is 3.74. The van der Waals surface area contributed by atoms with Crippen molar-refractivity contribution >= 4 is 35.7 Å². The highest BCUT2D eigenvalue weighted by molar-refractivity contribution is 5.85. The van der Waals surface area contributed by atoms with Gasteiger partial charge in [-0.1, -0.05) is 35.4 Å². The Hall–Kier alpha value is -4.38. The fourth-order valence-electron chi connectivity index (χ4n) is 3.74. The number of hydrogen-bond acceptors (Lipinski definition) is 9. The third-order valence-electron chi connectivity index (χ3n) is 6.73. The second kappa shape index (κ2) is 20.6. The molecule has 45 heavy (non-hydrogen) atoms. The summed E-state index contributed by atoms with van der Waals surface area (Å²) in [6, 6.07) is 21.7. The molecule has 0 saturated heterocycles. The Bertz CT molecular complexity index is 1400. The number of nitrogens with zero attached hydrogens (tertiary/aromatic N) is 4. The molecule has 0 bridgehead atoms. The van der Waals surface area contributed by atoms with Crippen LogP contribution >= 0.6 is 12.4 Å². The van der Waals surface area contributed by atoms with Crippen molar-refractivity contribution in [1.29, 1.82) is 10.5 Å². The molecule has 6 rings (SSSR count). The molecule has 0 atom stereocenters. The summed E-state index contributed by atoms with van der Waals surface area (Å²) in [7, 11) is 0. The van der Waals surface area contributed by atoms with Crippen molar-refractivity contribution in [3.63, 3.8) is 0 Å². The fraction of sp³-hybridized carbons (Fsp3) is 0.441. The van der Waals surface area contributed by atoms with Crippen molar-refractivity contribution in [2.75, 3.05) is 17.8 Å². The number of hydrazine groups is 1. The minimum atomic E-state index is -0.00694. The molecule has 3 saturated carbocycles. The Labute approximate surface area is 273 Å². The predicted octanol–water partition coefficient (Wildman–Crippen LogP) is 6.71. The second-order valence-corrected chi connectivity index (χ2v) is 10.9. The van der Waals surface area contributed by atoms with Crippen molar-refractivity contribution < 1.29 is 14.3 Å². The van der Waals surface area contributed by atoms with Crippen molar-refractivity contribution in [1.82, 2.24) is 9.78 Å². The van der Waals surface area contributed by atoms with E-state index in [1.807, 2.05) is 54.9 Å². The normalized spacial score (nSPS) is 13.8. The summed E-state index contributed by atoms with van der Waals surface area (Å²) < 4.78 is 6.55. The second-order valence-electron chi connectivity index (χ2n) is 10.9. The number of carbonyl (C=O) groups excluding carboxylic acids is 2. The van der Waals surface area contributed by atoms with Crippen molar-refractivity contribution in [3.05, 3.63) is 71.4 Å². The Morgan fingerprint density at radius 1 is 0.956 bits per heavy atom. The van der Waals surface area contributed by atoms with Gasteiger partial charge in [0.25, 0.3) is 0 Å². The Balaban J connectivity index is 0.000000304. The first-order valence-electron chi connectivity index (χ1n) is 15.0. The highest BCUT2D eigenvalue weighted by Crippen LogP contribution is 2.40. The molecule has 242 valence electrons. The van der Waals surface area contributed by atoms with E-state index in [-0.39, 0.29) is 42.4 Å². The monoisotopic (exact) mass is 635 g/mol. The van der Waals surface area contributed by atoms with Crippen LogP contribution in [0, 0.1) is 48.3 Å². The SMILES string of the molecule is CC#N.CCOC(=O)C1CC1.Cc1ccc(-n2nc(C3CC3)cc2N)cc1.Cc1ccc(NN)cc1.Cl.N#CCC(=O)C1CC1. The van der Waals surface area contributed by atoms with Crippen LogP contribution in [-0.4, -0.2) is 28.1 Å². The zero-order valence-electron chi connectivity index (χ0n) is 26.7. The summed E-state index contributed by atoms with van der Waals surface area (Å²) in [6.45, 7) is 7.90. The van der Waals surface area contributed by atoms with E-state index in [1.54, 1.807) is 6.07 Å². The van der Waals surface area contributed by atoms with E-state index in [1.165, 1.54) is 30.9 Å². The molecule has 0 amide bonds. The molecular weight excluding hydrogens is 590 g/mol. The van der Waals surface area contributed by atoms with Gasteiger partial charge in [-0.15, -0.1) is 12.4 Å². The molecule has 3 aliphatic rings. The number of halogens is 1. The number of Topliss-reactive ketones (excluding diaryl/α,β-unsaturated/α-hetero) is 1. The molecule has 1 aromatic heterocycles. The number of hydrogen-bond donors (Lipinski definition) is 3. The Morgan fingerprint density at radius 2 is 1.47 bits per heavy atom. The maximum atomic E-state index is 10.6. The van der Waals surface area contributed by atoms with Gasteiger partial charge in [0.05, 0.1) is 42.5 Å². The summed E-state index contributed by atoms with van der Waals surface area (Å²) >= 11 is 0. The molecule has 0 radical (unpaired) electrons. The summed E-state index contributed by atoms with van der Waals surface area (Å²) in [5, 5.41) is 19.9. The number of anilines is 2. The van der Waals surface area contributed by atoms with E-state index in [0.29, 0.717) is 12.5 Å². The lowest BCUT2D eigenvalue weighted by Gasteiger charge is -2.03. The van der Waals surface area contributed by atoms with Gasteiger partial charge >= 0.3 is 5.97 Å². The van der Waals surface area contributed by atoms with Gasteiger partial charge in [-0.25, -0.2) is 4.68 Å². The molecule has 1 heterocycles. The van der Waals surface area contributed by atoms with E-state index in [0.717, 1.165) is 48.6 Å². The highest BCUT2D eigenvalue weighted by Gasteiger charge is 2.30. The van der Waals surface area contributed by atoms with Crippen LogP contribution in [0.1, 0.15) is 81.5 Å². The van der Waals surface area contributed by atoms with Crippen LogP contribution in [0.3, 0.4) is 0 Å². The first-order valence-corrected chi connectivity index (χ1v) is 15.0. The van der Waals surface area contributed by atoms with Crippen molar-refractivity contribution in [2.24, 2.45) is 17.7 Å². The van der Waals surface area contributed by atoms with Crippen molar-refractivity contribution in [2.45, 2.75) is 78.6 Å². The number of nitriles is 2. The molecule has 0 unspecified atom stereocenters. The van der Waals surface area contributed by atoms with Crippen LogP contribution in [0.2, 0.25) is 0 Å². The smallest absolute Gasteiger partial charge is 0.308 e. The lowest BCUT2D eigenvalue weighted by Crippen LogP contribution is -2.05. The lowest BCUT2D eigenvalue weighted by atomic mass is 10.2. The number of ketones is 1. The van der Waals surface area contributed by atoms with Gasteiger partial charge < -0.3 is 15.9 Å². The van der Waals surface area contributed by atoms with E-state index in [2.05, 4.69) is 41.7 Å². The molecule has 2 aromatic carbocycles. The maximum Gasteiger partial charge on any atom is 0.308 e. The van der Waals surface area contributed by atoms with Crippen molar-refractivity contribution in [3.8, 4) is 17.8 Å². The molecular formula is C34H46ClN7O3. The number of ether oxygens (including phenoxy) is 1. The molecule has 11 heteroatoms. The van der Waals surface area contributed by atoms with E-state index < -0.39 is 0 Å². The molecule has 10 nitrogen and oxygen atoms in total. The lowest BCUT2D eigenvalue weighted by molar-refractivity contribution is -0.144. The van der Waals surface area contributed by atoms with Crippen LogP contribution in [0.15, 0.2) is 54.6 Å². The van der Waals surface area contributed by atoms with Crippen LogP contribution in [0.25, 0.3) is 5.69 Å². The van der Waals surface area contributed by atoms with Gasteiger partial charge in [0.1, 0.15) is 11.6 Å². The molecule has 3 aliphatic carbocycles. The zero-order valence-corrected chi connectivity index (χ0v) is 27.5. The molecule has 5 N–H and O–H groups in total. The minimum absolute atomic E-state index is 0. The summed E-state index contributed by atoms with van der Waals surface area (Å²) in [6.07, 6.45) is 6.73. The van der Waals surface area contributed by atoms with Crippen LogP contribution in [-0.2, 0) is 14.3 Å². The van der Waals surface area contributed by atoms with Crippen LogP contribution in [0.5, 0.6) is 0 Å². The van der Waals surface area contributed by atoms with E-state index >= 15 is 0 Å². The number of nitrogens with one attached hydrogen (secondary N) is 1. The van der Waals surface area contributed by atoms with Crippen LogP contribution in [0.4, 0.5) is 11.5 Å². The van der Waals surface area contributed by atoms with Gasteiger partial charge in [0.2, 0.25) is 0 Å². The van der Waals surface area contributed by atoms with Gasteiger partial charge in [-0.3, -0.25) is 15.4 Å². The Kier molecular flexibility index (Phi) is 17.7. The topological polar surface area (TPSA) is 173 Å². The van der Waals surface area contributed by atoms with Gasteiger partial charge in [0.15, 0.2) is 0 Å². The van der Waals surface area contributed by atoms with E-state index in [4.69, 9.17) is 26.8 Å². The number of aryl methyl sites for hydroxylation is 2. The summed E-state index contributed by atoms with van der Waals surface area (Å²) in [5.41, 5.74) is 14.1. The molecule has 3 fully saturated rings. The Morgan fingerprint density at radius 3 is 1.89 bits per heavy atom. The quantitative estimate of drug-likeness (QED) is 0.145. The first kappa shape index (κ1) is 38.6. The van der Waals surface area contributed by atoms with Crippen LogP contribution < -0.4 is 17.0 Å². The van der Waals surface area contributed by atoms with Gasteiger partial charge in [-0.2, -0.15) is 15.6 Å². The van der Waals surface area contributed by atoms with Gasteiger partial charge in [0, 0.05) is 30.5 Å². The minimum Gasteiger partial charge on any atom is -0.466 e. The zero-order chi connectivity index (χ0) is 32.5. The summed E-state index contributed by atoms with van der Waals surface area (Å²) in [4.78, 5) is 21.2. The van der Waals surface area contributed by atoms with E-state index in [9.17, 15) is 9.59 Å². The first-order chi connectivity index (χ1) is 21.2.